The maximum absolute atomic E-state index is 13.4. The molecule has 0 saturated carbocycles. The van der Waals surface area contributed by atoms with E-state index < -0.39 is 0 Å². The summed E-state index contributed by atoms with van der Waals surface area (Å²) in [5, 5.41) is 14.5. The van der Waals surface area contributed by atoms with Gasteiger partial charge in [-0.2, -0.15) is 5.10 Å². The summed E-state index contributed by atoms with van der Waals surface area (Å²) >= 11 is 0. The molecular formula is C30H33N7O4. The summed E-state index contributed by atoms with van der Waals surface area (Å²) in [5.41, 5.74) is 0.716. The molecule has 11 nitrogen and oxygen atoms in total. The highest BCUT2D eigenvalue weighted by Gasteiger charge is 2.39. The fraction of sp³-hybridized carbons (Fsp3) is 0.367. The van der Waals surface area contributed by atoms with Crippen LogP contribution >= 0.6 is 0 Å². The Labute approximate surface area is 237 Å². The summed E-state index contributed by atoms with van der Waals surface area (Å²) in [7, 11) is 0. The molecule has 2 amide bonds. The molecule has 3 N–H and O–H groups in total. The normalized spacial score (nSPS) is 18.6. The van der Waals surface area contributed by atoms with Gasteiger partial charge in [-0.25, -0.2) is 9.97 Å². The number of nitrogens with one attached hydrogen (secondary N) is 3. The lowest BCUT2D eigenvalue weighted by Gasteiger charge is -2.40. The van der Waals surface area contributed by atoms with Crippen molar-refractivity contribution in [3.05, 3.63) is 66.5 Å². The van der Waals surface area contributed by atoms with Gasteiger partial charge in [0.05, 0.1) is 5.41 Å². The molecule has 0 bridgehead atoms. The van der Waals surface area contributed by atoms with Crippen molar-refractivity contribution >= 4 is 34.5 Å². The Kier molecular flexibility index (Phi) is 7.51. The fourth-order valence-electron chi connectivity index (χ4n) is 5.43. The number of carbonyl (C=O) groups excluding carboxylic acids is 2. The van der Waals surface area contributed by atoms with E-state index in [1.807, 2.05) is 11.0 Å². The van der Waals surface area contributed by atoms with Gasteiger partial charge in [-0.1, -0.05) is 13.0 Å². The summed E-state index contributed by atoms with van der Waals surface area (Å²) in [4.78, 5) is 36.5. The van der Waals surface area contributed by atoms with E-state index in [9.17, 15) is 9.59 Å². The van der Waals surface area contributed by atoms with Crippen LogP contribution in [0.15, 0.2) is 60.9 Å². The second-order valence-electron chi connectivity index (χ2n) is 10.8. The number of anilines is 2. The summed E-state index contributed by atoms with van der Waals surface area (Å²) in [6.45, 7) is 4.70. The van der Waals surface area contributed by atoms with Crippen molar-refractivity contribution in [3.8, 4) is 11.5 Å². The van der Waals surface area contributed by atoms with Crippen LogP contribution in [0.2, 0.25) is 0 Å². The van der Waals surface area contributed by atoms with Crippen LogP contribution in [-0.2, 0) is 9.53 Å². The van der Waals surface area contributed by atoms with E-state index in [4.69, 9.17) is 9.47 Å². The van der Waals surface area contributed by atoms with Crippen molar-refractivity contribution in [3.63, 3.8) is 0 Å². The van der Waals surface area contributed by atoms with Gasteiger partial charge in [0.15, 0.2) is 11.5 Å². The molecule has 5 heterocycles. The zero-order valence-corrected chi connectivity index (χ0v) is 22.9. The van der Waals surface area contributed by atoms with Crippen LogP contribution in [0.5, 0.6) is 11.5 Å². The Morgan fingerprint density at radius 1 is 1.07 bits per heavy atom. The smallest absolute Gasteiger partial charge is 0.256 e. The predicted molar refractivity (Wildman–Crippen MR) is 154 cm³/mol. The van der Waals surface area contributed by atoms with Crippen LogP contribution in [0.1, 0.15) is 43.0 Å². The Morgan fingerprint density at radius 3 is 2.68 bits per heavy atom. The topological polar surface area (TPSA) is 134 Å². The second-order valence-corrected chi connectivity index (χ2v) is 10.8. The Bertz CT molecular complexity index is 1520. The Balaban J connectivity index is 1.15. The molecule has 1 atom stereocenters. The SMILES string of the molecule is CC1(C(=O)N2CCC[C@@H](Nc3n[nH]c4nccc(Oc5ccc(C(=O)Nc6ccccn6)cc5)c34)C2)CCOCC1. The number of rotatable bonds is 7. The third-order valence-electron chi connectivity index (χ3n) is 7.84. The number of aromatic amines is 1. The predicted octanol–water partition coefficient (Wildman–Crippen LogP) is 4.62. The maximum atomic E-state index is 13.4. The number of hydrogen-bond donors (Lipinski definition) is 3. The van der Waals surface area contributed by atoms with E-state index in [0.717, 1.165) is 37.6 Å². The molecule has 0 aliphatic carbocycles. The molecule has 0 unspecified atom stereocenters. The van der Waals surface area contributed by atoms with E-state index >= 15 is 0 Å². The third kappa shape index (κ3) is 5.85. The largest absolute Gasteiger partial charge is 0.456 e. The van der Waals surface area contributed by atoms with Gasteiger partial charge < -0.3 is 25.0 Å². The highest BCUT2D eigenvalue weighted by Crippen LogP contribution is 2.35. The van der Waals surface area contributed by atoms with Crippen molar-refractivity contribution in [2.24, 2.45) is 5.41 Å². The van der Waals surface area contributed by atoms with Crippen molar-refractivity contribution in [1.29, 1.82) is 0 Å². The van der Waals surface area contributed by atoms with Gasteiger partial charge in [0.2, 0.25) is 5.91 Å². The van der Waals surface area contributed by atoms with Crippen LogP contribution in [0.25, 0.3) is 11.0 Å². The van der Waals surface area contributed by atoms with Crippen molar-refractivity contribution in [2.45, 2.75) is 38.6 Å². The lowest BCUT2D eigenvalue weighted by Crippen LogP contribution is -2.51. The Hall–Kier alpha value is -4.51. The molecule has 41 heavy (non-hydrogen) atoms. The molecule has 2 saturated heterocycles. The van der Waals surface area contributed by atoms with Crippen LogP contribution in [0, 0.1) is 5.41 Å². The number of aromatic nitrogens is 4. The molecule has 2 aliphatic heterocycles. The average Bonchev–Trinajstić information content (AvgIpc) is 3.41. The number of piperidine rings is 1. The quantitative estimate of drug-likeness (QED) is 0.301. The van der Waals surface area contributed by atoms with Crippen molar-refractivity contribution in [1.82, 2.24) is 25.1 Å². The zero-order chi connectivity index (χ0) is 28.2. The number of nitrogens with zero attached hydrogens (tertiary/aromatic N) is 4. The van der Waals surface area contributed by atoms with Gasteiger partial charge in [0.1, 0.15) is 22.7 Å². The minimum absolute atomic E-state index is 0.0487. The average molecular weight is 556 g/mol. The number of hydrogen-bond acceptors (Lipinski definition) is 8. The first-order valence-electron chi connectivity index (χ1n) is 14.0. The van der Waals surface area contributed by atoms with Gasteiger partial charge in [-0.3, -0.25) is 14.7 Å². The number of pyridine rings is 2. The molecule has 4 aromatic rings. The lowest BCUT2D eigenvalue weighted by molar-refractivity contribution is -0.147. The number of likely N-dealkylation sites (tertiary alicyclic amines) is 1. The molecule has 1 aromatic carbocycles. The number of carbonyl (C=O) groups is 2. The van der Waals surface area contributed by atoms with Crippen LogP contribution < -0.4 is 15.4 Å². The van der Waals surface area contributed by atoms with Gasteiger partial charge in [-0.15, -0.1) is 0 Å². The standard InChI is InChI=1S/C30H33N7O4/c1-30(12-17-40-18-13-30)29(39)37-16-4-5-21(19-37)33-27-25-23(11-15-32-26(25)35-36-27)41-22-9-7-20(8-10-22)28(38)34-24-6-2-3-14-31-24/h2-3,6-11,14-15,21H,4-5,12-13,16-19H2,1H3,(H,31,34,38)(H2,32,33,35,36)/t21-/m1/s1. The van der Waals surface area contributed by atoms with E-state index in [1.165, 1.54) is 0 Å². The van der Waals surface area contributed by atoms with E-state index in [1.54, 1.807) is 54.9 Å². The van der Waals surface area contributed by atoms with Crippen LogP contribution in [0.4, 0.5) is 11.6 Å². The first-order valence-corrected chi connectivity index (χ1v) is 14.0. The number of fused-ring (bicyclic) bond motifs is 1. The summed E-state index contributed by atoms with van der Waals surface area (Å²) < 4.78 is 11.7. The molecule has 6 rings (SSSR count). The Morgan fingerprint density at radius 2 is 1.90 bits per heavy atom. The van der Waals surface area contributed by atoms with E-state index in [-0.39, 0.29) is 23.3 Å². The van der Waals surface area contributed by atoms with Gasteiger partial charge in [-0.05, 0) is 62.1 Å². The first-order chi connectivity index (χ1) is 20.0. The van der Waals surface area contributed by atoms with Crippen LogP contribution in [0.3, 0.4) is 0 Å². The molecular weight excluding hydrogens is 522 g/mol. The lowest BCUT2D eigenvalue weighted by atomic mass is 9.80. The van der Waals surface area contributed by atoms with Gasteiger partial charge in [0.25, 0.3) is 5.91 Å². The highest BCUT2D eigenvalue weighted by atomic mass is 16.5. The molecule has 11 heteroatoms. The fourth-order valence-corrected chi connectivity index (χ4v) is 5.43. The third-order valence-corrected chi connectivity index (χ3v) is 7.84. The maximum Gasteiger partial charge on any atom is 0.256 e. The van der Waals surface area contributed by atoms with E-state index in [0.29, 0.717) is 54.1 Å². The molecule has 2 aliphatic rings. The molecule has 212 valence electrons. The second kappa shape index (κ2) is 11.5. The van der Waals surface area contributed by atoms with Gasteiger partial charge >= 0.3 is 0 Å². The monoisotopic (exact) mass is 555 g/mol. The summed E-state index contributed by atoms with van der Waals surface area (Å²) in [5.74, 6) is 2.22. The molecule has 3 aromatic heterocycles. The van der Waals surface area contributed by atoms with Crippen LogP contribution in [-0.4, -0.2) is 69.2 Å². The summed E-state index contributed by atoms with van der Waals surface area (Å²) in [6, 6.07) is 14.1. The molecule has 2 fully saturated rings. The number of amides is 2. The van der Waals surface area contributed by atoms with E-state index in [2.05, 4.69) is 37.7 Å². The summed E-state index contributed by atoms with van der Waals surface area (Å²) in [6.07, 6.45) is 6.64. The number of ether oxygens (including phenoxy) is 2. The number of H-pyrrole nitrogens is 1. The minimum Gasteiger partial charge on any atom is -0.456 e. The molecule has 0 spiro atoms. The van der Waals surface area contributed by atoms with Gasteiger partial charge in [0, 0.05) is 56.4 Å². The first kappa shape index (κ1) is 26.7. The van der Waals surface area contributed by atoms with Crippen molar-refractivity contribution in [2.75, 3.05) is 36.9 Å². The highest BCUT2D eigenvalue weighted by molar-refractivity contribution is 6.03. The van der Waals surface area contributed by atoms with Crippen molar-refractivity contribution < 1.29 is 19.1 Å². The number of benzene rings is 1. The molecule has 0 radical (unpaired) electrons. The minimum atomic E-state index is -0.362. The zero-order valence-electron chi connectivity index (χ0n) is 22.9.